The molecule has 0 aliphatic carbocycles. The van der Waals surface area contributed by atoms with E-state index in [1.54, 1.807) is 12.1 Å². The number of carboxylic acids is 1. The number of imidazole rings is 1. The third kappa shape index (κ3) is 3.81. The van der Waals surface area contributed by atoms with E-state index in [0.717, 1.165) is 0 Å². The Hall–Kier alpha value is -1.44. The number of hydrogen-bond acceptors (Lipinski definition) is 4. The maximum absolute atomic E-state index is 11.3. The summed E-state index contributed by atoms with van der Waals surface area (Å²) in [5.74, 6) is -1.03. The van der Waals surface area contributed by atoms with E-state index in [4.69, 9.17) is 32.2 Å². The van der Waals surface area contributed by atoms with Crippen molar-refractivity contribution in [3.05, 3.63) is 29.0 Å². The van der Waals surface area contributed by atoms with Crippen molar-refractivity contribution in [2.24, 2.45) is 5.73 Å². The van der Waals surface area contributed by atoms with Crippen LogP contribution in [0.25, 0.3) is 11.0 Å². The molecule has 1 aromatic heterocycles. The first-order valence-electron chi connectivity index (χ1n) is 5.85. The summed E-state index contributed by atoms with van der Waals surface area (Å²) >= 11 is 5.87. The van der Waals surface area contributed by atoms with Gasteiger partial charge in [-0.05, 0) is 18.2 Å². The van der Waals surface area contributed by atoms with Crippen LogP contribution < -0.4 is 5.73 Å². The minimum atomic E-state index is -4.38. The summed E-state index contributed by atoms with van der Waals surface area (Å²) in [5, 5.41) is 9.23. The van der Waals surface area contributed by atoms with Gasteiger partial charge in [-0.15, -0.1) is 0 Å². The van der Waals surface area contributed by atoms with E-state index in [-0.39, 0.29) is 12.2 Å². The smallest absolute Gasteiger partial charge is 0.345 e. The molecule has 2 rings (SSSR count). The first-order valence-corrected chi connectivity index (χ1v) is 8.02. The van der Waals surface area contributed by atoms with Crippen LogP contribution in [0.3, 0.4) is 0 Å². The van der Waals surface area contributed by atoms with Gasteiger partial charge in [-0.2, -0.15) is 0 Å². The Labute approximate surface area is 124 Å². The number of carboxylic acid groups (broad SMARTS) is 1. The molecule has 0 saturated carbocycles. The fraction of sp³-hybridized carbons (Fsp3) is 0.273. The second-order valence-electron chi connectivity index (χ2n) is 4.54. The van der Waals surface area contributed by atoms with Gasteiger partial charge in [0, 0.05) is 11.4 Å². The van der Waals surface area contributed by atoms with E-state index in [0.29, 0.717) is 16.1 Å². The molecule has 0 aliphatic heterocycles. The van der Waals surface area contributed by atoms with Crippen molar-refractivity contribution in [1.82, 2.24) is 9.55 Å². The third-order valence-corrected chi connectivity index (χ3v) is 3.72. The van der Waals surface area contributed by atoms with Crippen LogP contribution in [0.5, 0.6) is 0 Å². The molecule has 1 atom stereocenters. The minimum absolute atomic E-state index is 0.151. The van der Waals surface area contributed by atoms with Gasteiger partial charge in [0.2, 0.25) is 0 Å². The van der Waals surface area contributed by atoms with E-state index < -0.39 is 25.9 Å². The van der Waals surface area contributed by atoms with Crippen molar-refractivity contribution in [2.45, 2.75) is 18.7 Å². The second kappa shape index (κ2) is 5.75. The van der Waals surface area contributed by atoms with Gasteiger partial charge in [-0.3, -0.25) is 9.36 Å². The molecule has 5 N–H and O–H groups in total. The Bertz CT molecular complexity index is 741. The van der Waals surface area contributed by atoms with Crippen molar-refractivity contribution < 1.29 is 24.3 Å². The number of nitrogens with two attached hydrogens (primary N) is 1. The van der Waals surface area contributed by atoms with Gasteiger partial charge in [0.25, 0.3) is 0 Å². The standard InChI is InChI=1S/C11H13ClN3O5P/c12-6-1-2-8-9(3-6)15(5-21(18,19)20)10(14-8)4-7(13)11(16)17/h1-3,7H,4-5,13H2,(H,16,17)(H2,18,19,20). The van der Waals surface area contributed by atoms with E-state index in [9.17, 15) is 9.36 Å². The van der Waals surface area contributed by atoms with E-state index >= 15 is 0 Å². The number of nitrogens with zero attached hydrogens (tertiary/aromatic N) is 2. The lowest BCUT2D eigenvalue weighted by Gasteiger charge is -2.12. The Morgan fingerprint density at radius 1 is 1.48 bits per heavy atom. The average molecular weight is 334 g/mol. The van der Waals surface area contributed by atoms with Crippen molar-refractivity contribution in [2.75, 3.05) is 0 Å². The van der Waals surface area contributed by atoms with Crippen LogP contribution in [-0.4, -0.2) is 36.5 Å². The molecule has 0 amide bonds. The van der Waals surface area contributed by atoms with Gasteiger partial charge in [-0.25, -0.2) is 4.98 Å². The predicted molar refractivity (Wildman–Crippen MR) is 76.1 cm³/mol. The molecule has 0 fully saturated rings. The Kier molecular flexibility index (Phi) is 4.36. The highest BCUT2D eigenvalue weighted by Gasteiger charge is 2.23. The number of carbonyl (C=O) groups is 1. The molecular formula is C11H13ClN3O5P. The maximum Gasteiger partial charge on any atom is 0.345 e. The zero-order chi connectivity index (χ0) is 15.8. The highest BCUT2D eigenvalue weighted by Crippen LogP contribution is 2.38. The molecule has 21 heavy (non-hydrogen) atoms. The molecule has 0 aliphatic rings. The molecule has 114 valence electrons. The monoisotopic (exact) mass is 333 g/mol. The van der Waals surface area contributed by atoms with E-state index in [1.165, 1.54) is 10.6 Å². The molecule has 1 unspecified atom stereocenters. The Morgan fingerprint density at radius 3 is 2.71 bits per heavy atom. The molecular weight excluding hydrogens is 321 g/mol. The number of hydrogen-bond donors (Lipinski definition) is 4. The molecule has 8 nitrogen and oxygen atoms in total. The number of rotatable bonds is 5. The number of fused-ring (bicyclic) bond motifs is 1. The maximum atomic E-state index is 11.3. The van der Waals surface area contributed by atoms with Crippen molar-refractivity contribution in [3.63, 3.8) is 0 Å². The van der Waals surface area contributed by atoms with Crippen molar-refractivity contribution in [1.29, 1.82) is 0 Å². The van der Waals surface area contributed by atoms with Crippen LogP contribution in [0.4, 0.5) is 0 Å². The lowest BCUT2D eigenvalue weighted by Crippen LogP contribution is -2.33. The van der Waals surface area contributed by atoms with Crippen LogP contribution >= 0.6 is 19.2 Å². The van der Waals surface area contributed by atoms with Gasteiger partial charge in [0.15, 0.2) is 0 Å². The number of benzene rings is 1. The molecule has 1 aromatic carbocycles. The van der Waals surface area contributed by atoms with Crippen LogP contribution in [0.15, 0.2) is 18.2 Å². The number of aromatic nitrogens is 2. The van der Waals surface area contributed by atoms with Gasteiger partial charge in [-0.1, -0.05) is 11.6 Å². The largest absolute Gasteiger partial charge is 0.480 e. The first-order chi connectivity index (χ1) is 9.67. The molecule has 0 radical (unpaired) electrons. The summed E-state index contributed by atoms with van der Waals surface area (Å²) in [5.41, 5.74) is 6.33. The summed E-state index contributed by atoms with van der Waals surface area (Å²) in [7, 11) is -4.38. The fourth-order valence-electron chi connectivity index (χ4n) is 1.93. The van der Waals surface area contributed by atoms with E-state index in [1.807, 2.05) is 0 Å². The summed E-state index contributed by atoms with van der Waals surface area (Å²) < 4.78 is 12.5. The summed E-state index contributed by atoms with van der Waals surface area (Å²) in [6, 6.07) is 3.46. The van der Waals surface area contributed by atoms with Crippen LogP contribution in [0.2, 0.25) is 5.02 Å². The first kappa shape index (κ1) is 15.9. The van der Waals surface area contributed by atoms with Gasteiger partial charge in [0.05, 0.1) is 11.0 Å². The topological polar surface area (TPSA) is 139 Å². The summed E-state index contributed by atoms with van der Waals surface area (Å²) in [4.78, 5) is 33.3. The highest BCUT2D eigenvalue weighted by molar-refractivity contribution is 7.50. The lowest BCUT2D eigenvalue weighted by molar-refractivity contribution is -0.138. The molecule has 0 saturated heterocycles. The normalized spacial score (nSPS) is 13.5. The molecule has 10 heteroatoms. The number of halogens is 1. The Morgan fingerprint density at radius 2 is 2.14 bits per heavy atom. The van der Waals surface area contributed by atoms with Crippen LogP contribution in [-0.2, 0) is 22.1 Å². The Balaban J connectivity index is 2.54. The zero-order valence-electron chi connectivity index (χ0n) is 10.7. The second-order valence-corrected chi connectivity index (χ2v) is 6.59. The number of aliphatic carboxylic acids is 1. The van der Waals surface area contributed by atoms with Gasteiger partial charge >= 0.3 is 13.6 Å². The molecule has 2 aromatic rings. The van der Waals surface area contributed by atoms with Gasteiger partial charge in [0.1, 0.15) is 18.2 Å². The highest BCUT2D eigenvalue weighted by atomic mass is 35.5. The van der Waals surface area contributed by atoms with Gasteiger partial charge < -0.3 is 25.2 Å². The average Bonchev–Trinajstić information content (AvgIpc) is 2.65. The van der Waals surface area contributed by atoms with Crippen LogP contribution in [0, 0.1) is 0 Å². The van der Waals surface area contributed by atoms with Crippen molar-refractivity contribution >= 4 is 36.2 Å². The third-order valence-electron chi connectivity index (χ3n) is 2.83. The molecule has 1 heterocycles. The predicted octanol–water partition coefficient (Wildman–Crippen LogP) is 0.779. The quantitative estimate of drug-likeness (QED) is 0.593. The summed E-state index contributed by atoms with van der Waals surface area (Å²) in [6.45, 7) is 0. The van der Waals surface area contributed by atoms with E-state index in [2.05, 4.69) is 4.98 Å². The SMILES string of the molecule is NC(Cc1nc2ccc(Cl)cc2n1CP(=O)(O)O)C(=O)O. The molecule has 0 bridgehead atoms. The minimum Gasteiger partial charge on any atom is -0.480 e. The van der Waals surface area contributed by atoms with Crippen molar-refractivity contribution in [3.8, 4) is 0 Å². The summed E-state index contributed by atoms with van der Waals surface area (Å²) in [6.07, 6.45) is -0.771. The fourth-order valence-corrected chi connectivity index (χ4v) is 2.78. The zero-order valence-corrected chi connectivity index (χ0v) is 12.3. The van der Waals surface area contributed by atoms with Crippen LogP contribution in [0.1, 0.15) is 5.82 Å². The lowest BCUT2D eigenvalue weighted by atomic mass is 10.2. The molecule has 0 spiro atoms.